The van der Waals surface area contributed by atoms with Gasteiger partial charge in [-0.15, -0.1) is 0 Å². The summed E-state index contributed by atoms with van der Waals surface area (Å²) >= 11 is 0. The van der Waals surface area contributed by atoms with Crippen molar-refractivity contribution >= 4 is 12.0 Å². The van der Waals surface area contributed by atoms with Gasteiger partial charge in [0.15, 0.2) is 0 Å². The normalized spacial score (nSPS) is 13.3. The largest absolute Gasteiger partial charge is 0.488 e. The monoisotopic (exact) mass is 306 g/mol. The standard InChI is InChI=1S/C18H14N2O3/c19-10-15(18(21)20-11-16-5-3-7-22-16)9-13-8-14-4-1-2-6-17(14)23-12-13/h1-9H,11-12H2,(H,20,21)/b15-9+. The first-order chi connectivity index (χ1) is 11.3. The molecule has 0 bridgehead atoms. The van der Waals surface area contributed by atoms with Crippen LogP contribution >= 0.6 is 0 Å². The van der Waals surface area contributed by atoms with Gasteiger partial charge in [0.25, 0.3) is 5.91 Å². The molecule has 1 aromatic heterocycles. The molecule has 114 valence electrons. The second-order valence-corrected chi connectivity index (χ2v) is 4.98. The summed E-state index contributed by atoms with van der Waals surface area (Å²) in [4.78, 5) is 12.1. The number of hydrogen-bond donors (Lipinski definition) is 1. The number of carbonyl (C=O) groups is 1. The van der Waals surface area contributed by atoms with Gasteiger partial charge in [0.2, 0.25) is 0 Å². The number of benzene rings is 1. The van der Waals surface area contributed by atoms with E-state index in [1.165, 1.54) is 6.26 Å². The zero-order chi connectivity index (χ0) is 16.1. The van der Waals surface area contributed by atoms with Gasteiger partial charge in [0.05, 0.1) is 12.8 Å². The molecule has 1 aliphatic heterocycles. The molecular weight excluding hydrogens is 292 g/mol. The van der Waals surface area contributed by atoms with E-state index in [4.69, 9.17) is 9.15 Å². The van der Waals surface area contributed by atoms with Gasteiger partial charge in [-0.25, -0.2) is 0 Å². The minimum atomic E-state index is -0.441. The maximum Gasteiger partial charge on any atom is 0.262 e. The highest BCUT2D eigenvalue weighted by molar-refractivity contribution is 5.98. The molecule has 0 fully saturated rings. The average molecular weight is 306 g/mol. The predicted molar refractivity (Wildman–Crippen MR) is 84.2 cm³/mol. The van der Waals surface area contributed by atoms with E-state index in [0.717, 1.165) is 16.9 Å². The molecule has 3 rings (SSSR count). The first-order valence-corrected chi connectivity index (χ1v) is 7.11. The molecule has 1 amide bonds. The topological polar surface area (TPSA) is 75.3 Å². The van der Waals surface area contributed by atoms with Crippen LogP contribution in [0.15, 0.2) is 64.3 Å². The van der Waals surface area contributed by atoms with Crippen LogP contribution < -0.4 is 10.1 Å². The maximum atomic E-state index is 12.1. The third-order valence-corrected chi connectivity index (χ3v) is 3.35. The predicted octanol–water partition coefficient (Wildman–Crippen LogP) is 2.82. The van der Waals surface area contributed by atoms with E-state index in [9.17, 15) is 10.1 Å². The molecule has 1 N–H and O–H groups in total. The fourth-order valence-electron chi connectivity index (χ4n) is 2.23. The van der Waals surface area contributed by atoms with E-state index in [1.54, 1.807) is 18.2 Å². The van der Waals surface area contributed by atoms with Crippen molar-refractivity contribution < 1.29 is 13.9 Å². The van der Waals surface area contributed by atoms with E-state index in [1.807, 2.05) is 36.4 Å². The fraction of sp³-hybridized carbons (Fsp3) is 0.111. The summed E-state index contributed by atoms with van der Waals surface area (Å²) in [5.41, 5.74) is 1.73. The molecule has 23 heavy (non-hydrogen) atoms. The minimum Gasteiger partial charge on any atom is -0.488 e. The highest BCUT2D eigenvalue weighted by Gasteiger charge is 2.13. The van der Waals surface area contributed by atoms with Crippen molar-refractivity contribution in [1.82, 2.24) is 5.32 Å². The summed E-state index contributed by atoms with van der Waals surface area (Å²) < 4.78 is 10.7. The summed E-state index contributed by atoms with van der Waals surface area (Å²) in [6.07, 6.45) is 4.99. The molecule has 5 nitrogen and oxygen atoms in total. The molecule has 5 heteroatoms. The van der Waals surface area contributed by atoms with E-state index in [0.29, 0.717) is 12.4 Å². The zero-order valence-corrected chi connectivity index (χ0v) is 12.3. The van der Waals surface area contributed by atoms with Gasteiger partial charge in [-0.2, -0.15) is 5.26 Å². The first-order valence-electron chi connectivity index (χ1n) is 7.11. The molecule has 2 heterocycles. The van der Waals surface area contributed by atoms with Crippen LogP contribution in [0.25, 0.3) is 6.08 Å². The fourth-order valence-corrected chi connectivity index (χ4v) is 2.23. The number of ether oxygens (including phenoxy) is 1. The van der Waals surface area contributed by atoms with Crippen LogP contribution in [-0.2, 0) is 11.3 Å². The molecule has 1 aromatic carbocycles. The Bertz CT molecular complexity index is 811. The van der Waals surface area contributed by atoms with Crippen LogP contribution in [0.3, 0.4) is 0 Å². The van der Waals surface area contributed by atoms with Gasteiger partial charge in [-0.1, -0.05) is 18.2 Å². The van der Waals surface area contributed by atoms with Crippen LogP contribution in [-0.4, -0.2) is 12.5 Å². The Morgan fingerprint density at radius 2 is 2.17 bits per heavy atom. The minimum absolute atomic E-state index is 0.0331. The summed E-state index contributed by atoms with van der Waals surface area (Å²) in [5, 5.41) is 11.9. The number of amides is 1. The van der Waals surface area contributed by atoms with Crippen LogP contribution in [0, 0.1) is 11.3 Å². The van der Waals surface area contributed by atoms with Gasteiger partial charge >= 0.3 is 0 Å². The van der Waals surface area contributed by atoms with Crippen LogP contribution in [0.2, 0.25) is 0 Å². The van der Waals surface area contributed by atoms with Crippen molar-refractivity contribution in [3.05, 3.63) is 71.2 Å². The van der Waals surface area contributed by atoms with E-state index in [2.05, 4.69) is 5.32 Å². The maximum absolute atomic E-state index is 12.1. The Kier molecular flexibility index (Phi) is 4.25. The number of nitriles is 1. The zero-order valence-electron chi connectivity index (χ0n) is 12.3. The Hall–Kier alpha value is -3.26. The third-order valence-electron chi connectivity index (χ3n) is 3.35. The molecule has 0 saturated heterocycles. The number of furan rings is 1. The number of nitrogens with zero attached hydrogens (tertiary/aromatic N) is 1. The Labute approximate surface area is 133 Å². The molecule has 0 unspecified atom stereocenters. The van der Waals surface area contributed by atoms with Crippen molar-refractivity contribution in [3.8, 4) is 11.8 Å². The lowest BCUT2D eigenvalue weighted by atomic mass is 10.1. The van der Waals surface area contributed by atoms with Gasteiger partial charge in [-0.3, -0.25) is 4.79 Å². The van der Waals surface area contributed by atoms with E-state index < -0.39 is 5.91 Å². The number of rotatable bonds is 4. The average Bonchev–Trinajstić information content (AvgIpc) is 3.11. The van der Waals surface area contributed by atoms with Crippen LogP contribution in [0.5, 0.6) is 5.75 Å². The Morgan fingerprint density at radius 3 is 2.96 bits per heavy atom. The van der Waals surface area contributed by atoms with Crippen molar-refractivity contribution in [2.45, 2.75) is 6.54 Å². The molecule has 1 aliphatic rings. The lowest BCUT2D eigenvalue weighted by Crippen LogP contribution is -2.24. The summed E-state index contributed by atoms with van der Waals surface area (Å²) in [6.45, 7) is 0.566. The summed E-state index contributed by atoms with van der Waals surface area (Å²) in [5.74, 6) is 0.985. The highest BCUT2D eigenvalue weighted by Crippen LogP contribution is 2.26. The number of nitrogens with one attached hydrogen (secondary N) is 1. The lowest BCUT2D eigenvalue weighted by Gasteiger charge is -2.16. The number of carbonyl (C=O) groups excluding carboxylic acids is 1. The van der Waals surface area contributed by atoms with Crippen molar-refractivity contribution in [3.63, 3.8) is 0 Å². The molecule has 0 spiro atoms. The quantitative estimate of drug-likeness (QED) is 0.696. The summed E-state index contributed by atoms with van der Waals surface area (Å²) in [7, 11) is 0. The molecule has 0 atom stereocenters. The Balaban J connectivity index is 1.73. The number of para-hydroxylation sites is 1. The van der Waals surface area contributed by atoms with E-state index >= 15 is 0 Å². The van der Waals surface area contributed by atoms with Crippen LogP contribution in [0.1, 0.15) is 11.3 Å². The SMILES string of the molecule is N#C/C(=C\C1=Cc2ccccc2OC1)C(=O)NCc1ccco1. The molecule has 0 aliphatic carbocycles. The highest BCUT2D eigenvalue weighted by atomic mass is 16.5. The molecule has 2 aromatic rings. The smallest absolute Gasteiger partial charge is 0.262 e. The van der Waals surface area contributed by atoms with Crippen LogP contribution in [0.4, 0.5) is 0 Å². The second kappa shape index (κ2) is 6.67. The number of hydrogen-bond acceptors (Lipinski definition) is 4. The number of fused-ring (bicyclic) bond motifs is 1. The first kappa shape index (κ1) is 14.7. The second-order valence-electron chi connectivity index (χ2n) is 4.98. The van der Waals surface area contributed by atoms with Gasteiger partial charge < -0.3 is 14.5 Å². The van der Waals surface area contributed by atoms with Gasteiger partial charge in [0, 0.05) is 5.56 Å². The van der Waals surface area contributed by atoms with Gasteiger partial charge in [-0.05, 0) is 35.9 Å². The summed E-state index contributed by atoms with van der Waals surface area (Å²) in [6, 6.07) is 13.0. The third kappa shape index (κ3) is 3.50. The lowest BCUT2D eigenvalue weighted by molar-refractivity contribution is -0.117. The van der Waals surface area contributed by atoms with Crippen molar-refractivity contribution in [2.75, 3.05) is 6.61 Å². The van der Waals surface area contributed by atoms with Crippen molar-refractivity contribution in [2.24, 2.45) is 0 Å². The molecule has 0 saturated carbocycles. The molecular formula is C18H14N2O3. The Morgan fingerprint density at radius 1 is 1.30 bits per heavy atom. The van der Waals surface area contributed by atoms with E-state index in [-0.39, 0.29) is 12.1 Å². The molecule has 0 radical (unpaired) electrons. The van der Waals surface area contributed by atoms with Gasteiger partial charge in [0.1, 0.15) is 29.8 Å². The van der Waals surface area contributed by atoms with Crippen molar-refractivity contribution in [1.29, 1.82) is 5.26 Å².